The first-order chi connectivity index (χ1) is 8.30. The van der Waals surface area contributed by atoms with E-state index in [0.717, 1.165) is 19.4 Å². The van der Waals surface area contributed by atoms with Crippen LogP contribution in [-0.4, -0.2) is 30.3 Å². The Bertz CT molecular complexity index is 309. The Labute approximate surface area is 112 Å². The molecule has 0 amide bonds. The van der Waals surface area contributed by atoms with Crippen LogP contribution in [0.25, 0.3) is 0 Å². The van der Waals surface area contributed by atoms with E-state index in [1.807, 2.05) is 0 Å². The van der Waals surface area contributed by atoms with E-state index in [1.54, 1.807) is 0 Å². The van der Waals surface area contributed by atoms with Crippen molar-refractivity contribution < 1.29 is 4.79 Å². The van der Waals surface area contributed by atoms with Crippen LogP contribution in [0.1, 0.15) is 59.8 Å². The predicted molar refractivity (Wildman–Crippen MR) is 75.6 cm³/mol. The summed E-state index contributed by atoms with van der Waals surface area (Å²) < 4.78 is 0. The van der Waals surface area contributed by atoms with E-state index >= 15 is 0 Å². The maximum Gasteiger partial charge on any atom is 0.142 e. The highest BCUT2D eigenvalue weighted by molar-refractivity contribution is 5.87. The van der Waals surface area contributed by atoms with Crippen molar-refractivity contribution in [1.29, 1.82) is 0 Å². The predicted octanol–water partition coefficient (Wildman–Crippen LogP) is 3.50. The van der Waals surface area contributed by atoms with Crippen molar-refractivity contribution in [3.05, 3.63) is 0 Å². The molecule has 0 aromatic carbocycles. The van der Waals surface area contributed by atoms with E-state index in [2.05, 4.69) is 32.6 Å². The molecule has 0 aromatic rings. The summed E-state index contributed by atoms with van der Waals surface area (Å²) in [5.41, 5.74) is 0.435. The van der Waals surface area contributed by atoms with Crippen molar-refractivity contribution >= 4 is 5.78 Å². The van der Waals surface area contributed by atoms with Crippen molar-refractivity contribution in [1.82, 2.24) is 4.90 Å². The Kier molecular flexibility index (Phi) is 3.87. The molecule has 0 spiro atoms. The fourth-order valence-electron chi connectivity index (χ4n) is 3.42. The maximum absolute atomic E-state index is 12.4. The zero-order chi connectivity index (χ0) is 13.4. The molecule has 2 rings (SSSR count). The highest BCUT2D eigenvalue weighted by atomic mass is 16.1. The van der Waals surface area contributed by atoms with E-state index < -0.39 is 0 Å². The zero-order valence-corrected chi connectivity index (χ0v) is 12.6. The Morgan fingerprint density at radius 2 is 1.72 bits per heavy atom. The van der Waals surface area contributed by atoms with Crippen LogP contribution >= 0.6 is 0 Å². The Morgan fingerprint density at radius 3 is 2.33 bits per heavy atom. The van der Waals surface area contributed by atoms with Gasteiger partial charge in [0.05, 0.1) is 0 Å². The molecule has 0 radical (unpaired) electrons. The molecular formula is C16H29NO. The SMILES string of the molecule is CC1(C)CCN(CC2CCCC(C)(C)C2=O)CC1. The summed E-state index contributed by atoms with van der Waals surface area (Å²) in [5.74, 6) is 0.813. The van der Waals surface area contributed by atoms with E-state index in [9.17, 15) is 4.79 Å². The van der Waals surface area contributed by atoms with Gasteiger partial charge in [0, 0.05) is 17.9 Å². The summed E-state index contributed by atoms with van der Waals surface area (Å²) in [6, 6.07) is 0. The second-order valence-electron chi connectivity index (χ2n) is 7.80. The lowest BCUT2D eigenvalue weighted by atomic mass is 9.70. The van der Waals surface area contributed by atoms with Gasteiger partial charge in [-0.2, -0.15) is 0 Å². The number of carbonyl (C=O) groups is 1. The third kappa shape index (κ3) is 3.14. The standard InChI is InChI=1S/C16H29NO/c1-15(2)8-10-17(11-9-15)12-13-6-5-7-16(3,4)14(13)18/h13H,5-12H2,1-4H3. The van der Waals surface area contributed by atoms with Crippen molar-refractivity contribution in [3.8, 4) is 0 Å². The molecule has 0 aromatic heterocycles. The van der Waals surface area contributed by atoms with Crippen LogP contribution in [0.4, 0.5) is 0 Å². The minimum atomic E-state index is -0.0715. The van der Waals surface area contributed by atoms with Gasteiger partial charge in [0.1, 0.15) is 5.78 Å². The maximum atomic E-state index is 12.4. The number of nitrogens with zero attached hydrogens (tertiary/aromatic N) is 1. The van der Waals surface area contributed by atoms with Crippen LogP contribution in [0, 0.1) is 16.7 Å². The fraction of sp³-hybridized carbons (Fsp3) is 0.938. The van der Waals surface area contributed by atoms with Crippen molar-refractivity contribution in [3.63, 3.8) is 0 Å². The topological polar surface area (TPSA) is 20.3 Å². The van der Waals surface area contributed by atoms with Gasteiger partial charge < -0.3 is 4.90 Å². The highest BCUT2D eigenvalue weighted by Crippen LogP contribution is 2.37. The Balaban J connectivity index is 1.88. The summed E-state index contributed by atoms with van der Waals surface area (Å²) in [4.78, 5) is 14.9. The van der Waals surface area contributed by atoms with Gasteiger partial charge >= 0.3 is 0 Å². The van der Waals surface area contributed by atoms with E-state index in [1.165, 1.54) is 32.4 Å². The van der Waals surface area contributed by atoms with Gasteiger partial charge in [-0.25, -0.2) is 0 Å². The normalized spacial score (nSPS) is 32.4. The molecule has 0 bridgehead atoms. The van der Waals surface area contributed by atoms with E-state index in [4.69, 9.17) is 0 Å². The lowest BCUT2D eigenvalue weighted by molar-refractivity contribution is -0.135. The molecule has 1 aliphatic carbocycles. The number of piperidine rings is 1. The van der Waals surface area contributed by atoms with Gasteiger partial charge in [-0.1, -0.05) is 34.1 Å². The second-order valence-corrected chi connectivity index (χ2v) is 7.80. The van der Waals surface area contributed by atoms with Gasteiger partial charge in [0.15, 0.2) is 0 Å². The van der Waals surface area contributed by atoms with Gasteiger partial charge in [-0.05, 0) is 44.2 Å². The second kappa shape index (κ2) is 4.96. The van der Waals surface area contributed by atoms with Crippen LogP contribution < -0.4 is 0 Å². The van der Waals surface area contributed by atoms with Gasteiger partial charge in [-0.15, -0.1) is 0 Å². The number of likely N-dealkylation sites (tertiary alicyclic amines) is 1. The van der Waals surface area contributed by atoms with Crippen LogP contribution in [0.15, 0.2) is 0 Å². The number of hydrogen-bond acceptors (Lipinski definition) is 2. The molecular weight excluding hydrogens is 222 g/mol. The third-order valence-electron chi connectivity index (χ3n) is 5.08. The molecule has 18 heavy (non-hydrogen) atoms. The lowest BCUT2D eigenvalue weighted by Crippen LogP contribution is -2.45. The summed E-state index contributed by atoms with van der Waals surface area (Å²) >= 11 is 0. The molecule has 104 valence electrons. The average molecular weight is 251 g/mol. The number of ketones is 1. The zero-order valence-electron chi connectivity index (χ0n) is 12.6. The summed E-state index contributed by atoms with van der Waals surface area (Å²) in [6.45, 7) is 12.3. The number of rotatable bonds is 2. The molecule has 1 heterocycles. The van der Waals surface area contributed by atoms with Crippen LogP contribution in [0.2, 0.25) is 0 Å². The fourth-order valence-corrected chi connectivity index (χ4v) is 3.42. The molecule has 1 atom stereocenters. The van der Waals surface area contributed by atoms with Crippen molar-refractivity contribution in [2.45, 2.75) is 59.8 Å². The smallest absolute Gasteiger partial charge is 0.142 e. The van der Waals surface area contributed by atoms with Gasteiger partial charge in [0.25, 0.3) is 0 Å². The molecule has 1 aliphatic heterocycles. The minimum Gasteiger partial charge on any atom is -0.303 e. The molecule has 2 aliphatic rings. The number of hydrogen-bond donors (Lipinski definition) is 0. The first kappa shape index (κ1) is 14.0. The van der Waals surface area contributed by atoms with Crippen molar-refractivity contribution in [2.75, 3.05) is 19.6 Å². The number of carbonyl (C=O) groups excluding carboxylic acids is 1. The van der Waals surface area contributed by atoms with Crippen LogP contribution in [0.3, 0.4) is 0 Å². The molecule has 2 fully saturated rings. The van der Waals surface area contributed by atoms with Crippen LogP contribution in [0.5, 0.6) is 0 Å². The average Bonchev–Trinajstić information content (AvgIpc) is 2.27. The molecule has 1 unspecified atom stereocenters. The summed E-state index contributed by atoms with van der Waals surface area (Å²) in [6.07, 6.45) is 5.97. The molecule has 1 saturated heterocycles. The quantitative estimate of drug-likeness (QED) is 0.748. The van der Waals surface area contributed by atoms with E-state index in [0.29, 0.717) is 17.1 Å². The molecule has 1 saturated carbocycles. The Hall–Kier alpha value is -0.370. The monoisotopic (exact) mass is 251 g/mol. The highest BCUT2D eigenvalue weighted by Gasteiger charge is 2.38. The van der Waals surface area contributed by atoms with E-state index in [-0.39, 0.29) is 5.41 Å². The van der Waals surface area contributed by atoms with Gasteiger partial charge in [-0.3, -0.25) is 4.79 Å². The lowest BCUT2D eigenvalue weighted by Gasteiger charge is -2.40. The van der Waals surface area contributed by atoms with Gasteiger partial charge in [0.2, 0.25) is 0 Å². The van der Waals surface area contributed by atoms with Crippen LogP contribution in [-0.2, 0) is 4.79 Å². The first-order valence-corrected chi connectivity index (χ1v) is 7.57. The summed E-state index contributed by atoms with van der Waals surface area (Å²) in [7, 11) is 0. The molecule has 2 heteroatoms. The minimum absolute atomic E-state index is 0.0715. The molecule has 0 N–H and O–H groups in total. The first-order valence-electron chi connectivity index (χ1n) is 7.57. The molecule has 2 nitrogen and oxygen atoms in total. The Morgan fingerprint density at radius 1 is 1.11 bits per heavy atom. The largest absolute Gasteiger partial charge is 0.303 e. The number of Topliss-reactive ketones (excluding diaryl/α,β-unsaturated/α-hetero) is 1. The third-order valence-corrected chi connectivity index (χ3v) is 5.08. The summed E-state index contributed by atoms with van der Waals surface area (Å²) in [5, 5.41) is 0. The van der Waals surface area contributed by atoms with Crippen molar-refractivity contribution in [2.24, 2.45) is 16.7 Å².